The molecule has 0 heterocycles. The monoisotopic (exact) mass is 292 g/mol. The maximum absolute atomic E-state index is 13.1. The first-order valence-corrected chi connectivity index (χ1v) is 7.20. The third-order valence-corrected chi connectivity index (χ3v) is 4.02. The molecule has 0 saturated heterocycles. The van der Waals surface area contributed by atoms with Crippen LogP contribution in [0.15, 0.2) is 53.4 Å². The Labute approximate surface area is 122 Å². The van der Waals surface area contributed by atoms with Gasteiger partial charge in [-0.3, -0.25) is 11.3 Å². The first kappa shape index (κ1) is 14.8. The van der Waals surface area contributed by atoms with Crippen molar-refractivity contribution in [1.82, 2.24) is 5.43 Å². The third kappa shape index (κ3) is 3.72. The van der Waals surface area contributed by atoms with Crippen molar-refractivity contribution < 1.29 is 9.13 Å². The number of hydrogen-bond donors (Lipinski definition) is 2. The van der Waals surface area contributed by atoms with Crippen LogP contribution in [0.2, 0.25) is 0 Å². The molecule has 0 aliphatic rings. The summed E-state index contributed by atoms with van der Waals surface area (Å²) in [4.78, 5) is 0.875. The number of thioether (sulfide) groups is 1. The van der Waals surface area contributed by atoms with Gasteiger partial charge in [0.2, 0.25) is 0 Å². The van der Waals surface area contributed by atoms with Crippen molar-refractivity contribution in [1.29, 1.82) is 0 Å². The molecule has 0 bridgehead atoms. The topological polar surface area (TPSA) is 47.3 Å². The van der Waals surface area contributed by atoms with Gasteiger partial charge in [-0.15, -0.1) is 11.8 Å². The van der Waals surface area contributed by atoms with Crippen LogP contribution < -0.4 is 16.0 Å². The van der Waals surface area contributed by atoms with Gasteiger partial charge in [-0.05, 0) is 24.3 Å². The van der Waals surface area contributed by atoms with Crippen LogP contribution in [0.1, 0.15) is 11.6 Å². The molecule has 0 aliphatic heterocycles. The van der Waals surface area contributed by atoms with Crippen molar-refractivity contribution in [3.63, 3.8) is 0 Å². The minimum Gasteiger partial charge on any atom is -0.496 e. The molecule has 0 aromatic heterocycles. The number of rotatable bonds is 6. The van der Waals surface area contributed by atoms with Crippen LogP contribution >= 0.6 is 11.8 Å². The number of hydrogen-bond acceptors (Lipinski definition) is 4. The highest BCUT2D eigenvalue weighted by Gasteiger charge is 2.14. The van der Waals surface area contributed by atoms with Crippen LogP contribution in [-0.4, -0.2) is 12.9 Å². The van der Waals surface area contributed by atoms with Crippen LogP contribution in [0.5, 0.6) is 5.75 Å². The SMILES string of the molecule is COc1ccccc1C(CSc1cccc(F)c1)NN. The minimum atomic E-state index is -0.232. The van der Waals surface area contributed by atoms with E-state index in [0.29, 0.717) is 5.75 Å². The number of benzene rings is 2. The summed E-state index contributed by atoms with van der Waals surface area (Å²) in [7, 11) is 1.63. The average molecular weight is 292 g/mol. The van der Waals surface area contributed by atoms with Gasteiger partial charge in [0.1, 0.15) is 11.6 Å². The summed E-state index contributed by atoms with van der Waals surface area (Å²) in [5, 5.41) is 0. The maximum atomic E-state index is 13.1. The van der Waals surface area contributed by atoms with E-state index in [2.05, 4.69) is 5.43 Å². The Morgan fingerprint density at radius 2 is 2.05 bits per heavy atom. The van der Waals surface area contributed by atoms with Crippen molar-refractivity contribution in [2.75, 3.05) is 12.9 Å². The zero-order valence-corrected chi connectivity index (χ0v) is 12.0. The summed E-state index contributed by atoms with van der Waals surface area (Å²) >= 11 is 1.54. The van der Waals surface area contributed by atoms with E-state index in [4.69, 9.17) is 10.6 Å². The Bertz CT molecular complexity index is 565. The molecule has 3 nitrogen and oxygen atoms in total. The third-order valence-electron chi connectivity index (χ3n) is 2.93. The number of ether oxygens (including phenoxy) is 1. The predicted octanol–water partition coefficient (Wildman–Crippen LogP) is 3.13. The smallest absolute Gasteiger partial charge is 0.124 e. The molecular weight excluding hydrogens is 275 g/mol. The average Bonchev–Trinajstić information content (AvgIpc) is 2.48. The van der Waals surface area contributed by atoms with E-state index in [9.17, 15) is 4.39 Å². The van der Waals surface area contributed by atoms with E-state index in [-0.39, 0.29) is 11.9 Å². The molecule has 5 heteroatoms. The molecule has 0 radical (unpaired) electrons. The standard InChI is InChI=1S/C15H17FN2OS/c1-19-15-8-3-2-7-13(15)14(18-17)10-20-12-6-4-5-11(16)9-12/h2-9,14,18H,10,17H2,1H3. The Kier molecular flexibility index (Phi) is 5.40. The second kappa shape index (κ2) is 7.28. The van der Waals surface area contributed by atoms with Crippen molar-refractivity contribution in [3.8, 4) is 5.75 Å². The second-order valence-corrected chi connectivity index (χ2v) is 5.32. The van der Waals surface area contributed by atoms with Crippen LogP contribution in [0.4, 0.5) is 4.39 Å². The highest BCUT2D eigenvalue weighted by atomic mass is 32.2. The Balaban J connectivity index is 2.09. The van der Waals surface area contributed by atoms with E-state index >= 15 is 0 Å². The van der Waals surface area contributed by atoms with Gasteiger partial charge in [0, 0.05) is 16.2 Å². The lowest BCUT2D eigenvalue weighted by Crippen LogP contribution is -2.30. The zero-order valence-electron chi connectivity index (χ0n) is 11.2. The molecular formula is C15H17FN2OS. The fourth-order valence-corrected chi connectivity index (χ4v) is 2.92. The van der Waals surface area contributed by atoms with Crippen molar-refractivity contribution in [2.45, 2.75) is 10.9 Å². The lowest BCUT2D eigenvalue weighted by Gasteiger charge is -2.18. The number of para-hydroxylation sites is 1. The van der Waals surface area contributed by atoms with Gasteiger partial charge in [0.05, 0.1) is 13.2 Å². The number of nitrogens with two attached hydrogens (primary N) is 1. The fraction of sp³-hybridized carbons (Fsp3) is 0.200. The number of halogens is 1. The Morgan fingerprint density at radius 1 is 1.25 bits per heavy atom. The number of nitrogens with one attached hydrogen (secondary N) is 1. The van der Waals surface area contributed by atoms with Crippen molar-refractivity contribution in [3.05, 3.63) is 59.9 Å². The summed E-state index contributed by atoms with van der Waals surface area (Å²) in [5.74, 6) is 6.87. The summed E-state index contributed by atoms with van der Waals surface area (Å²) in [6.45, 7) is 0. The van der Waals surface area contributed by atoms with Gasteiger partial charge in [-0.25, -0.2) is 4.39 Å². The fourth-order valence-electron chi connectivity index (χ4n) is 1.92. The van der Waals surface area contributed by atoms with Crippen LogP contribution in [-0.2, 0) is 0 Å². The number of hydrazine groups is 1. The van der Waals surface area contributed by atoms with Crippen LogP contribution in [0.3, 0.4) is 0 Å². The molecule has 2 rings (SSSR count). The lowest BCUT2D eigenvalue weighted by molar-refractivity contribution is 0.403. The molecule has 0 amide bonds. The van der Waals surface area contributed by atoms with E-state index in [1.165, 1.54) is 12.1 Å². The van der Waals surface area contributed by atoms with E-state index in [1.807, 2.05) is 30.3 Å². The van der Waals surface area contributed by atoms with Crippen molar-refractivity contribution in [2.24, 2.45) is 5.84 Å². The second-order valence-electron chi connectivity index (χ2n) is 4.23. The molecule has 106 valence electrons. The molecule has 20 heavy (non-hydrogen) atoms. The minimum absolute atomic E-state index is 0.0700. The maximum Gasteiger partial charge on any atom is 0.124 e. The van der Waals surface area contributed by atoms with Gasteiger partial charge >= 0.3 is 0 Å². The molecule has 3 N–H and O–H groups in total. The normalized spacial score (nSPS) is 12.2. The van der Waals surface area contributed by atoms with E-state index in [0.717, 1.165) is 16.2 Å². The summed E-state index contributed by atoms with van der Waals surface area (Å²) in [5.41, 5.74) is 3.77. The highest BCUT2D eigenvalue weighted by molar-refractivity contribution is 7.99. The van der Waals surface area contributed by atoms with Gasteiger partial charge < -0.3 is 4.74 Å². The summed E-state index contributed by atoms with van der Waals surface area (Å²) in [6, 6.07) is 14.2. The first-order chi connectivity index (χ1) is 9.74. The first-order valence-electron chi connectivity index (χ1n) is 6.22. The van der Waals surface area contributed by atoms with Crippen molar-refractivity contribution >= 4 is 11.8 Å². The zero-order chi connectivity index (χ0) is 14.4. The molecule has 0 saturated carbocycles. The molecule has 1 atom stereocenters. The largest absolute Gasteiger partial charge is 0.496 e. The van der Waals surface area contributed by atoms with Gasteiger partial charge in [0.25, 0.3) is 0 Å². The highest BCUT2D eigenvalue weighted by Crippen LogP contribution is 2.29. The molecule has 0 fully saturated rings. The molecule has 0 aliphatic carbocycles. The molecule has 0 spiro atoms. The molecule has 2 aromatic carbocycles. The van der Waals surface area contributed by atoms with E-state index < -0.39 is 0 Å². The van der Waals surface area contributed by atoms with E-state index in [1.54, 1.807) is 24.9 Å². The van der Waals surface area contributed by atoms with Gasteiger partial charge in [0.15, 0.2) is 0 Å². The Morgan fingerprint density at radius 3 is 2.75 bits per heavy atom. The predicted molar refractivity (Wildman–Crippen MR) is 80.2 cm³/mol. The van der Waals surface area contributed by atoms with Crippen LogP contribution in [0, 0.1) is 5.82 Å². The molecule has 1 unspecified atom stereocenters. The van der Waals surface area contributed by atoms with Gasteiger partial charge in [-0.1, -0.05) is 24.3 Å². The quantitative estimate of drug-likeness (QED) is 0.488. The summed E-state index contributed by atoms with van der Waals surface area (Å²) < 4.78 is 18.5. The number of methoxy groups -OCH3 is 1. The summed E-state index contributed by atoms with van der Waals surface area (Å²) in [6.07, 6.45) is 0. The molecule has 2 aromatic rings. The van der Waals surface area contributed by atoms with Crippen LogP contribution in [0.25, 0.3) is 0 Å². The lowest BCUT2D eigenvalue weighted by atomic mass is 10.1. The van der Waals surface area contributed by atoms with Gasteiger partial charge in [-0.2, -0.15) is 0 Å². The Hall–Kier alpha value is -1.56.